The summed E-state index contributed by atoms with van der Waals surface area (Å²) in [5.74, 6) is -0.374. The molecule has 102 valence electrons. The molecule has 2 aromatic heterocycles. The van der Waals surface area contributed by atoms with Crippen LogP contribution in [0.25, 0.3) is 16.5 Å². The number of fused-ring (bicyclic) bond motifs is 2. The van der Waals surface area contributed by atoms with Gasteiger partial charge in [-0.2, -0.15) is 0 Å². The molecule has 1 amide bonds. The molecule has 1 aliphatic rings. The monoisotopic (exact) mass is 277 g/mol. The number of aromatic amines is 1. The molecule has 3 aromatic rings. The maximum Gasteiger partial charge on any atom is 0.279 e. The number of nitrogens with one attached hydrogen (secondary N) is 1. The van der Waals surface area contributed by atoms with E-state index in [1.165, 1.54) is 0 Å². The number of rotatable bonds is 1. The molecule has 0 spiro atoms. The van der Waals surface area contributed by atoms with Crippen molar-refractivity contribution in [2.75, 3.05) is 0 Å². The molecular weight excluding hydrogens is 266 g/mol. The standard InChI is InChI=1S/C16H11N3O2/c1-8-2-3-11-9(6-8)13(15(20)18-11)14-10-7-17-5-4-12(10)19-16(14)21/h2-7,19,21H,1H3. The van der Waals surface area contributed by atoms with Crippen molar-refractivity contribution < 1.29 is 9.90 Å². The second-order valence-electron chi connectivity index (χ2n) is 5.08. The number of carbonyl (C=O) groups is 1. The van der Waals surface area contributed by atoms with Gasteiger partial charge < -0.3 is 10.1 Å². The maximum absolute atomic E-state index is 12.3. The molecule has 0 saturated carbocycles. The topological polar surface area (TPSA) is 78.3 Å². The predicted molar refractivity (Wildman–Crippen MR) is 77.2 cm³/mol. The fourth-order valence-corrected chi connectivity index (χ4v) is 2.74. The first kappa shape index (κ1) is 11.8. The number of aryl methyl sites for hydroxylation is 1. The SMILES string of the molecule is Cc1ccc2c(c1)=C(c1c(O)[nH]c3ccncc13)C(=O)N=2. The van der Waals surface area contributed by atoms with Crippen LogP contribution in [0, 0.1) is 6.92 Å². The minimum atomic E-state index is -0.337. The van der Waals surface area contributed by atoms with E-state index in [4.69, 9.17) is 0 Å². The van der Waals surface area contributed by atoms with Crippen molar-refractivity contribution in [2.24, 2.45) is 4.99 Å². The molecule has 4 rings (SSSR count). The van der Waals surface area contributed by atoms with Gasteiger partial charge in [-0.3, -0.25) is 9.78 Å². The normalized spacial score (nSPS) is 13.6. The predicted octanol–water partition coefficient (Wildman–Crippen LogP) is 0.936. The van der Waals surface area contributed by atoms with Crippen LogP contribution in [-0.2, 0) is 4.79 Å². The van der Waals surface area contributed by atoms with Gasteiger partial charge in [-0.05, 0) is 25.1 Å². The highest BCUT2D eigenvalue weighted by Gasteiger charge is 2.24. The zero-order valence-electron chi connectivity index (χ0n) is 11.2. The number of hydrogen-bond donors (Lipinski definition) is 2. The fourth-order valence-electron chi connectivity index (χ4n) is 2.74. The summed E-state index contributed by atoms with van der Waals surface area (Å²) in [6.07, 6.45) is 3.26. The summed E-state index contributed by atoms with van der Waals surface area (Å²) in [4.78, 5) is 23.3. The molecule has 21 heavy (non-hydrogen) atoms. The third-order valence-electron chi connectivity index (χ3n) is 3.69. The molecule has 0 unspecified atom stereocenters. The number of pyridine rings is 1. The largest absolute Gasteiger partial charge is 0.494 e. The zero-order valence-corrected chi connectivity index (χ0v) is 11.2. The molecule has 0 bridgehead atoms. The van der Waals surface area contributed by atoms with Gasteiger partial charge in [0, 0.05) is 23.0 Å². The number of hydrogen-bond acceptors (Lipinski definition) is 3. The van der Waals surface area contributed by atoms with E-state index < -0.39 is 0 Å². The number of aromatic hydroxyl groups is 1. The highest BCUT2D eigenvalue weighted by Crippen LogP contribution is 2.32. The quantitative estimate of drug-likeness (QED) is 0.694. The van der Waals surface area contributed by atoms with Gasteiger partial charge in [-0.25, -0.2) is 4.99 Å². The lowest BCUT2D eigenvalue weighted by Crippen LogP contribution is -2.23. The highest BCUT2D eigenvalue weighted by atomic mass is 16.3. The molecule has 1 aromatic carbocycles. The molecule has 5 nitrogen and oxygen atoms in total. The summed E-state index contributed by atoms with van der Waals surface area (Å²) >= 11 is 0. The van der Waals surface area contributed by atoms with Crippen LogP contribution in [0.1, 0.15) is 11.1 Å². The molecule has 0 saturated heterocycles. The van der Waals surface area contributed by atoms with Crippen molar-refractivity contribution >= 4 is 22.4 Å². The molecular formula is C16H11N3O2. The van der Waals surface area contributed by atoms with Gasteiger partial charge in [0.15, 0.2) is 5.88 Å². The fraction of sp³-hybridized carbons (Fsp3) is 0.0625. The van der Waals surface area contributed by atoms with Crippen LogP contribution in [0.4, 0.5) is 0 Å². The molecule has 1 aliphatic heterocycles. The Labute approximate surface area is 119 Å². The van der Waals surface area contributed by atoms with E-state index >= 15 is 0 Å². The van der Waals surface area contributed by atoms with E-state index in [-0.39, 0.29) is 11.8 Å². The van der Waals surface area contributed by atoms with Crippen molar-refractivity contribution in [1.82, 2.24) is 9.97 Å². The Morgan fingerprint density at radius 1 is 1.24 bits per heavy atom. The summed E-state index contributed by atoms with van der Waals surface area (Å²) in [7, 11) is 0. The number of nitrogens with zero attached hydrogens (tertiary/aromatic N) is 2. The van der Waals surface area contributed by atoms with Gasteiger partial charge in [0.1, 0.15) is 0 Å². The smallest absolute Gasteiger partial charge is 0.279 e. The first-order valence-electron chi connectivity index (χ1n) is 6.54. The number of aromatic nitrogens is 2. The first-order valence-corrected chi connectivity index (χ1v) is 6.54. The van der Waals surface area contributed by atoms with E-state index in [0.717, 1.165) is 16.3 Å². The number of H-pyrrole nitrogens is 1. The second-order valence-corrected chi connectivity index (χ2v) is 5.08. The molecule has 0 fully saturated rings. The third-order valence-corrected chi connectivity index (χ3v) is 3.69. The molecule has 0 radical (unpaired) electrons. The molecule has 3 heterocycles. The Hall–Kier alpha value is -2.95. The molecule has 0 aliphatic carbocycles. The summed E-state index contributed by atoms with van der Waals surface area (Å²) in [6, 6.07) is 7.40. The number of carbonyl (C=O) groups excluding carboxylic acids is 1. The van der Waals surface area contributed by atoms with E-state index in [0.29, 0.717) is 21.9 Å². The maximum atomic E-state index is 12.3. The lowest BCUT2D eigenvalue weighted by Gasteiger charge is -2.00. The van der Waals surface area contributed by atoms with Gasteiger partial charge in [0.05, 0.1) is 22.0 Å². The van der Waals surface area contributed by atoms with Crippen molar-refractivity contribution in [3.05, 3.63) is 58.4 Å². The lowest BCUT2D eigenvalue weighted by atomic mass is 10.0. The summed E-state index contributed by atoms with van der Waals surface area (Å²) in [5, 5.41) is 12.3. The van der Waals surface area contributed by atoms with Gasteiger partial charge in [0.2, 0.25) is 0 Å². The Balaban J connectivity index is 2.19. The van der Waals surface area contributed by atoms with Crippen molar-refractivity contribution in [3.63, 3.8) is 0 Å². The van der Waals surface area contributed by atoms with Crippen LogP contribution < -0.4 is 10.6 Å². The zero-order chi connectivity index (χ0) is 14.6. The Morgan fingerprint density at radius 3 is 2.95 bits per heavy atom. The van der Waals surface area contributed by atoms with Gasteiger partial charge in [-0.1, -0.05) is 11.6 Å². The average Bonchev–Trinajstić information content (AvgIpc) is 2.94. The Kier molecular flexibility index (Phi) is 2.27. The van der Waals surface area contributed by atoms with Gasteiger partial charge >= 0.3 is 0 Å². The lowest BCUT2D eigenvalue weighted by molar-refractivity contribution is -0.112. The third kappa shape index (κ3) is 1.61. The van der Waals surface area contributed by atoms with Crippen molar-refractivity contribution in [1.29, 1.82) is 0 Å². The van der Waals surface area contributed by atoms with Crippen LogP contribution in [0.3, 0.4) is 0 Å². The minimum absolute atomic E-state index is 0.0362. The number of benzene rings is 1. The Morgan fingerprint density at radius 2 is 2.10 bits per heavy atom. The minimum Gasteiger partial charge on any atom is -0.494 e. The van der Waals surface area contributed by atoms with Gasteiger partial charge in [0.25, 0.3) is 5.91 Å². The highest BCUT2D eigenvalue weighted by molar-refractivity contribution is 6.24. The van der Waals surface area contributed by atoms with E-state index in [9.17, 15) is 9.90 Å². The summed E-state index contributed by atoms with van der Waals surface area (Å²) in [6.45, 7) is 1.96. The van der Waals surface area contributed by atoms with E-state index in [1.807, 2.05) is 25.1 Å². The van der Waals surface area contributed by atoms with Crippen LogP contribution >= 0.6 is 0 Å². The number of amides is 1. The molecule has 5 heteroatoms. The average molecular weight is 277 g/mol. The Bertz CT molecular complexity index is 1030. The van der Waals surface area contributed by atoms with Crippen molar-refractivity contribution in [3.8, 4) is 5.88 Å². The van der Waals surface area contributed by atoms with E-state index in [1.54, 1.807) is 18.5 Å². The summed E-state index contributed by atoms with van der Waals surface area (Å²) in [5.41, 5.74) is 2.66. The van der Waals surface area contributed by atoms with Crippen molar-refractivity contribution in [2.45, 2.75) is 6.92 Å². The molecule has 2 N–H and O–H groups in total. The first-order chi connectivity index (χ1) is 10.1. The second kappa shape index (κ2) is 4.02. The summed E-state index contributed by atoms with van der Waals surface area (Å²) < 4.78 is 0. The van der Waals surface area contributed by atoms with E-state index in [2.05, 4.69) is 15.0 Å². The van der Waals surface area contributed by atoms with Crippen LogP contribution in [-0.4, -0.2) is 21.0 Å². The van der Waals surface area contributed by atoms with Crippen LogP contribution in [0.2, 0.25) is 0 Å². The molecule has 0 atom stereocenters. The van der Waals surface area contributed by atoms with Crippen LogP contribution in [0.15, 0.2) is 41.7 Å². The van der Waals surface area contributed by atoms with Gasteiger partial charge in [-0.15, -0.1) is 0 Å². The van der Waals surface area contributed by atoms with Crippen LogP contribution in [0.5, 0.6) is 5.88 Å².